The second kappa shape index (κ2) is 8.86. The summed E-state index contributed by atoms with van der Waals surface area (Å²) in [6.07, 6.45) is -0.566. The minimum Gasteiger partial charge on any atom is -0.482 e. The fourth-order valence-corrected chi connectivity index (χ4v) is 4.38. The Bertz CT molecular complexity index is 1320. The van der Waals surface area contributed by atoms with Gasteiger partial charge in [0.1, 0.15) is 5.75 Å². The zero-order valence-electron chi connectivity index (χ0n) is 17.5. The lowest BCUT2D eigenvalue weighted by Gasteiger charge is -2.11. The Hall–Kier alpha value is -3.39. The number of nitrogens with one attached hydrogen (secondary N) is 1. The number of azo groups is 1. The van der Waals surface area contributed by atoms with E-state index in [1.165, 1.54) is 35.6 Å². The lowest BCUT2D eigenvalue weighted by atomic mass is 10.2. The van der Waals surface area contributed by atoms with Crippen LogP contribution in [0.3, 0.4) is 0 Å². The molecule has 3 N–H and O–H groups in total. The number of anilines is 1. The highest BCUT2D eigenvalue weighted by Gasteiger charge is 2.38. The Balaban J connectivity index is 1.71. The molecular formula is C20H20N5O6S2+. The van der Waals surface area contributed by atoms with Crippen molar-refractivity contribution in [3.05, 3.63) is 64.7 Å². The molecule has 4 rings (SSSR count). The summed E-state index contributed by atoms with van der Waals surface area (Å²) >= 11 is 1.45. The minimum atomic E-state index is -4.33. The van der Waals surface area contributed by atoms with Gasteiger partial charge in [-0.2, -0.15) is 8.42 Å². The molecule has 11 nitrogen and oxygen atoms in total. The van der Waals surface area contributed by atoms with Crippen LogP contribution in [0.2, 0.25) is 0 Å². The van der Waals surface area contributed by atoms with Crippen LogP contribution < -0.4 is 15.3 Å². The molecule has 1 unspecified atom stereocenters. The monoisotopic (exact) mass is 490 g/mol. The fourth-order valence-electron chi connectivity index (χ4n) is 3.03. The molecule has 172 valence electrons. The van der Waals surface area contributed by atoms with Crippen LogP contribution in [0.15, 0.2) is 58.5 Å². The van der Waals surface area contributed by atoms with Crippen molar-refractivity contribution in [1.29, 1.82) is 0 Å². The van der Waals surface area contributed by atoms with Crippen molar-refractivity contribution < 1.29 is 32.4 Å². The van der Waals surface area contributed by atoms with Crippen molar-refractivity contribution in [1.82, 2.24) is 10.4 Å². The lowest BCUT2D eigenvalue weighted by Crippen LogP contribution is -2.38. The predicted molar refractivity (Wildman–Crippen MR) is 118 cm³/mol. The number of rotatable bonds is 7. The van der Waals surface area contributed by atoms with Gasteiger partial charge in [0.15, 0.2) is 6.61 Å². The van der Waals surface area contributed by atoms with Crippen molar-refractivity contribution in [3.63, 3.8) is 0 Å². The van der Waals surface area contributed by atoms with Crippen LogP contribution in [-0.4, -0.2) is 40.4 Å². The molecule has 1 atom stereocenters. The van der Waals surface area contributed by atoms with Crippen molar-refractivity contribution in [3.8, 4) is 5.75 Å². The third-order valence-electron chi connectivity index (χ3n) is 4.76. The maximum atomic E-state index is 11.4. The second-order valence-corrected chi connectivity index (χ2v) is 9.71. The Morgan fingerprint density at radius 2 is 1.97 bits per heavy atom. The molecule has 0 radical (unpaired) electrons. The van der Waals surface area contributed by atoms with Gasteiger partial charge in [-0.3, -0.25) is 4.55 Å². The number of ether oxygens (including phenoxy) is 1. The van der Waals surface area contributed by atoms with Gasteiger partial charge in [-0.05, 0) is 43.2 Å². The van der Waals surface area contributed by atoms with E-state index in [0.29, 0.717) is 22.1 Å². The smallest absolute Gasteiger partial charge is 0.341 e. The van der Waals surface area contributed by atoms with E-state index in [1.807, 2.05) is 19.9 Å². The lowest BCUT2D eigenvalue weighted by molar-refractivity contribution is -0.517. The Morgan fingerprint density at radius 1 is 1.24 bits per heavy atom. The first-order chi connectivity index (χ1) is 15.6. The molecule has 0 aliphatic carbocycles. The van der Waals surface area contributed by atoms with Crippen LogP contribution >= 0.6 is 11.3 Å². The van der Waals surface area contributed by atoms with Crippen LogP contribution in [0, 0.1) is 13.8 Å². The van der Waals surface area contributed by atoms with Gasteiger partial charge in [0.25, 0.3) is 20.9 Å². The first kappa shape index (κ1) is 22.8. The summed E-state index contributed by atoms with van der Waals surface area (Å²) in [4.78, 5) is 17.7. The summed E-state index contributed by atoms with van der Waals surface area (Å²) in [5, 5.41) is 15.8. The molecule has 0 saturated carbocycles. The number of aryl methyl sites for hydroxylation is 2. The van der Waals surface area contributed by atoms with Crippen molar-refractivity contribution >= 4 is 38.2 Å². The minimum absolute atomic E-state index is 0.231. The zero-order valence-corrected chi connectivity index (χ0v) is 19.2. The number of hydrogen-bond acceptors (Lipinski definition) is 9. The maximum absolute atomic E-state index is 11.4. The molecule has 33 heavy (non-hydrogen) atoms. The third kappa shape index (κ3) is 5.01. The molecule has 1 aliphatic heterocycles. The van der Waals surface area contributed by atoms with E-state index in [1.54, 1.807) is 28.1 Å². The largest absolute Gasteiger partial charge is 0.482 e. The third-order valence-corrected chi connectivity index (χ3v) is 6.68. The van der Waals surface area contributed by atoms with Crippen molar-refractivity contribution in [2.24, 2.45) is 5.11 Å². The van der Waals surface area contributed by atoms with Crippen LogP contribution in [0.1, 0.15) is 22.3 Å². The summed E-state index contributed by atoms with van der Waals surface area (Å²) < 4.78 is 37.3. The summed E-state index contributed by atoms with van der Waals surface area (Å²) in [7, 11) is -4.33. The van der Waals surface area contributed by atoms with Gasteiger partial charge in [-0.1, -0.05) is 23.5 Å². The van der Waals surface area contributed by atoms with Gasteiger partial charge in [0.2, 0.25) is 6.17 Å². The van der Waals surface area contributed by atoms with E-state index in [2.05, 4.69) is 15.5 Å². The predicted octanol–water partition coefficient (Wildman–Crippen LogP) is 3.20. The number of aromatic nitrogens is 1. The van der Waals surface area contributed by atoms with E-state index < -0.39 is 28.9 Å². The number of nitrogens with zero attached hydrogens (tertiary/aromatic N) is 4. The standard InChI is InChI=1S/C20H19N5O6S2/c1-12-13(2)32-20(21-12)25-23-19(14-4-3-5-16(10-14)31-11-18(26)27)22-24(25)15-6-8-17(9-7-15)33(28,29)30/h3-10,19,23H,11H2,1-2H3,(H-,26,27,28,29,30)/p+1. The Morgan fingerprint density at radius 3 is 2.58 bits per heavy atom. The molecule has 2 heterocycles. The van der Waals surface area contributed by atoms with E-state index in [9.17, 15) is 17.8 Å². The maximum Gasteiger partial charge on any atom is 0.341 e. The number of carboxylic acids is 1. The number of aliphatic carboxylic acids is 1. The summed E-state index contributed by atoms with van der Waals surface area (Å²) in [5.74, 6) is -0.695. The Kier molecular flexibility index (Phi) is 6.12. The summed E-state index contributed by atoms with van der Waals surface area (Å²) in [6.45, 7) is 3.39. The van der Waals surface area contributed by atoms with Crippen LogP contribution in [-0.2, 0) is 14.9 Å². The van der Waals surface area contributed by atoms with Crippen LogP contribution in [0.4, 0.5) is 10.8 Å². The zero-order chi connectivity index (χ0) is 23.8. The molecule has 1 aliphatic rings. The number of hydrogen-bond donors (Lipinski definition) is 3. The number of carbonyl (C=O) groups is 1. The van der Waals surface area contributed by atoms with Gasteiger partial charge in [-0.25, -0.2) is 9.78 Å². The molecule has 0 fully saturated rings. The average molecular weight is 491 g/mol. The van der Waals surface area contributed by atoms with Crippen LogP contribution in [0.5, 0.6) is 5.75 Å². The quantitative estimate of drug-likeness (QED) is 0.336. The summed E-state index contributed by atoms with van der Waals surface area (Å²) in [5.41, 5.74) is 5.36. The van der Waals surface area contributed by atoms with Gasteiger partial charge >= 0.3 is 5.97 Å². The van der Waals surface area contributed by atoms with Gasteiger partial charge in [-0.15, -0.1) is 5.43 Å². The van der Waals surface area contributed by atoms with E-state index in [0.717, 1.165) is 10.6 Å². The normalized spacial score (nSPS) is 16.0. The van der Waals surface area contributed by atoms with E-state index >= 15 is 0 Å². The second-order valence-electron chi connectivity index (χ2n) is 7.11. The number of thiazole rings is 1. The topological polar surface area (TPSA) is 144 Å². The highest BCUT2D eigenvalue weighted by atomic mass is 32.2. The molecule has 0 amide bonds. The first-order valence-electron chi connectivity index (χ1n) is 9.65. The molecule has 0 bridgehead atoms. The average Bonchev–Trinajstić information content (AvgIpc) is 3.36. The molecule has 1 aromatic heterocycles. The number of benzene rings is 2. The van der Waals surface area contributed by atoms with Gasteiger partial charge in [0.05, 0.1) is 15.4 Å². The molecular weight excluding hydrogens is 470 g/mol. The molecule has 2 aromatic carbocycles. The molecule has 0 saturated heterocycles. The summed E-state index contributed by atoms with van der Waals surface area (Å²) in [6, 6.07) is 12.5. The van der Waals surface area contributed by atoms with Crippen molar-refractivity contribution in [2.75, 3.05) is 11.7 Å². The first-order valence-corrected chi connectivity index (χ1v) is 11.9. The molecule has 0 spiro atoms. The molecule has 3 aromatic rings. The Labute approximate surface area is 193 Å². The SMILES string of the molecule is Cc1nc(N2NC(c3cccc(OCC(=O)O)c3)N=[N+]2c2ccc(S(=O)(=O)O)cc2)sc1C. The van der Waals surface area contributed by atoms with Gasteiger partial charge in [0, 0.05) is 27.7 Å². The van der Waals surface area contributed by atoms with Gasteiger partial charge < -0.3 is 9.84 Å². The number of carboxylic acid groups (broad SMARTS) is 1. The molecule has 13 heteroatoms. The fraction of sp³-hybridized carbons (Fsp3) is 0.200. The highest BCUT2D eigenvalue weighted by molar-refractivity contribution is 7.85. The van der Waals surface area contributed by atoms with E-state index in [-0.39, 0.29) is 4.90 Å². The van der Waals surface area contributed by atoms with Crippen LogP contribution in [0.25, 0.3) is 0 Å². The van der Waals surface area contributed by atoms with E-state index in [4.69, 9.17) is 9.84 Å². The highest BCUT2D eigenvalue weighted by Crippen LogP contribution is 2.34. The number of hydrazine groups is 2. The van der Waals surface area contributed by atoms with Crippen molar-refractivity contribution in [2.45, 2.75) is 24.9 Å².